The Bertz CT molecular complexity index is 399. The van der Waals surface area contributed by atoms with Gasteiger partial charge in [0.25, 0.3) is 0 Å². The van der Waals surface area contributed by atoms with Crippen LogP contribution in [0.15, 0.2) is 0 Å². The smallest absolute Gasteiger partial charge is 0.410 e. The van der Waals surface area contributed by atoms with Crippen molar-refractivity contribution in [2.45, 2.75) is 45.3 Å². The van der Waals surface area contributed by atoms with E-state index in [1.54, 1.807) is 30.9 Å². The van der Waals surface area contributed by atoms with Crippen molar-refractivity contribution >= 4 is 12.1 Å². The number of carbonyl (C=O) groups is 2. The Hall–Kier alpha value is -1.50. The van der Waals surface area contributed by atoms with E-state index in [9.17, 15) is 9.59 Å². The van der Waals surface area contributed by atoms with Gasteiger partial charge in [0.15, 0.2) is 0 Å². The van der Waals surface area contributed by atoms with Gasteiger partial charge in [-0.25, -0.2) is 9.59 Å². The van der Waals surface area contributed by atoms with Crippen LogP contribution in [0.4, 0.5) is 9.59 Å². The van der Waals surface area contributed by atoms with E-state index in [1.165, 1.54) is 0 Å². The standard InChI is InChI=1S/C16H32N4O3/c1-16(2,3)23-15(22)19(6)12-9-17-13-7-10-20(11-8-13)14(21)18(4)5/h13,17H,7-12H2,1-6H3. The van der Waals surface area contributed by atoms with E-state index in [1.807, 2.05) is 25.7 Å². The van der Waals surface area contributed by atoms with Gasteiger partial charge in [0, 0.05) is 53.4 Å². The third-order valence-corrected chi connectivity index (χ3v) is 3.73. The lowest BCUT2D eigenvalue weighted by atomic mass is 10.1. The third-order valence-electron chi connectivity index (χ3n) is 3.73. The average molecular weight is 328 g/mol. The molecule has 1 heterocycles. The summed E-state index contributed by atoms with van der Waals surface area (Å²) in [6.07, 6.45) is 1.58. The van der Waals surface area contributed by atoms with Crippen molar-refractivity contribution in [3.63, 3.8) is 0 Å². The Morgan fingerprint density at radius 3 is 2.22 bits per heavy atom. The normalized spacial score (nSPS) is 16.2. The number of urea groups is 1. The molecule has 134 valence electrons. The molecular weight excluding hydrogens is 296 g/mol. The quantitative estimate of drug-likeness (QED) is 0.851. The fraction of sp³-hybridized carbons (Fsp3) is 0.875. The second kappa shape index (κ2) is 8.38. The van der Waals surface area contributed by atoms with Gasteiger partial charge in [0.2, 0.25) is 0 Å². The van der Waals surface area contributed by atoms with Gasteiger partial charge in [0.1, 0.15) is 5.60 Å². The van der Waals surface area contributed by atoms with Crippen molar-refractivity contribution in [3.8, 4) is 0 Å². The van der Waals surface area contributed by atoms with Crippen LogP contribution < -0.4 is 5.32 Å². The largest absolute Gasteiger partial charge is 0.444 e. The van der Waals surface area contributed by atoms with Gasteiger partial charge in [0.05, 0.1) is 0 Å². The molecule has 7 heteroatoms. The summed E-state index contributed by atoms with van der Waals surface area (Å²) in [5.41, 5.74) is -0.468. The fourth-order valence-electron chi connectivity index (χ4n) is 2.43. The first-order chi connectivity index (χ1) is 10.6. The summed E-state index contributed by atoms with van der Waals surface area (Å²) in [5, 5.41) is 3.46. The fourth-order valence-corrected chi connectivity index (χ4v) is 2.43. The van der Waals surface area contributed by atoms with E-state index in [4.69, 9.17) is 4.74 Å². The Kier molecular flexibility index (Phi) is 7.12. The summed E-state index contributed by atoms with van der Waals surface area (Å²) < 4.78 is 5.32. The molecule has 0 aromatic rings. The Balaban J connectivity index is 2.23. The van der Waals surface area contributed by atoms with Crippen LogP contribution >= 0.6 is 0 Å². The maximum Gasteiger partial charge on any atom is 0.410 e. The molecule has 1 rings (SSSR count). The lowest BCUT2D eigenvalue weighted by Gasteiger charge is -2.34. The number of amides is 3. The number of piperidine rings is 1. The molecule has 0 aromatic carbocycles. The molecule has 1 N–H and O–H groups in total. The highest BCUT2D eigenvalue weighted by Crippen LogP contribution is 2.12. The number of nitrogens with one attached hydrogen (secondary N) is 1. The average Bonchev–Trinajstić information content (AvgIpc) is 2.45. The van der Waals surface area contributed by atoms with Crippen LogP contribution in [0, 0.1) is 0 Å². The van der Waals surface area contributed by atoms with Gasteiger partial charge in [-0.1, -0.05) is 0 Å². The van der Waals surface area contributed by atoms with Crippen LogP contribution in [-0.4, -0.2) is 85.8 Å². The van der Waals surface area contributed by atoms with Gasteiger partial charge in [-0.15, -0.1) is 0 Å². The molecule has 0 radical (unpaired) electrons. The number of hydrogen-bond acceptors (Lipinski definition) is 4. The Morgan fingerprint density at radius 2 is 1.74 bits per heavy atom. The zero-order valence-corrected chi connectivity index (χ0v) is 15.4. The number of likely N-dealkylation sites (N-methyl/N-ethyl adjacent to an activating group) is 1. The van der Waals surface area contributed by atoms with Crippen molar-refractivity contribution in [1.29, 1.82) is 0 Å². The zero-order chi connectivity index (χ0) is 17.6. The number of nitrogens with zero attached hydrogens (tertiary/aromatic N) is 3. The van der Waals surface area contributed by atoms with E-state index in [0.717, 1.165) is 32.5 Å². The lowest BCUT2D eigenvalue weighted by molar-refractivity contribution is 0.0298. The summed E-state index contributed by atoms with van der Waals surface area (Å²) >= 11 is 0. The molecule has 23 heavy (non-hydrogen) atoms. The third kappa shape index (κ3) is 7.07. The molecule has 7 nitrogen and oxygen atoms in total. The number of hydrogen-bond donors (Lipinski definition) is 1. The zero-order valence-electron chi connectivity index (χ0n) is 15.4. The second-order valence-electron chi connectivity index (χ2n) is 7.29. The van der Waals surface area contributed by atoms with E-state index in [0.29, 0.717) is 12.6 Å². The summed E-state index contributed by atoms with van der Waals surface area (Å²) in [6, 6.07) is 0.473. The summed E-state index contributed by atoms with van der Waals surface area (Å²) in [7, 11) is 5.30. The van der Waals surface area contributed by atoms with Gasteiger partial charge in [-0.3, -0.25) is 0 Å². The van der Waals surface area contributed by atoms with Crippen LogP contribution in [0.3, 0.4) is 0 Å². The minimum Gasteiger partial charge on any atom is -0.444 e. The van der Waals surface area contributed by atoms with Gasteiger partial charge < -0.3 is 24.8 Å². The van der Waals surface area contributed by atoms with E-state index < -0.39 is 5.60 Å². The highest BCUT2D eigenvalue weighted by Gasteiger charge is 2.24. The monoisotopic (exact) mass is 328 g/mol. The molecular formula is C16H32N4O3. The Morgan fingerprint density at radius 1 is 1.17 bits per heavy atom. The van der Waals surface area contributed by atoms with Crippen molar-refractivity contribution in [1.82, 2.24) is 20.0 Å². The summed E-state index contributed by atoms with van der Waals surface area (Å²) in [5.74, 6) is 0. The maximum absolute atomic E-state index is 11.9. The molecule has 0 unspecified atom stereocenters. The first kappa shape index (κ1) is 19.5. The molecule has 1 saturated heterocycles. The van der Waals surface area contributed by atoms with Crippen LogP contribution in [0.1, 0.15) is 33.6 Å². The van der Waals surface area contributed by atoms with E-state index in [2.05, 4.69) is 5.32 Å². The molecule has 0 aromatic heterocycles. The molecule has 0 bridgehead atoms. The predicted octanol–water partition coefficient (Wildman–Crippen LogP) is 1.59. The predicted molar refractivity (Wildman–Crippen MR) is 90.5 cm³/mol. The van der Waals surface area contributed by atoms with E-state index in [-0.39, 0.29) is 12.1 Å². The van der Waals surface area contributed by atoms with Crippen LogP contribution in [0.25, 0.3) is 0 Å². The molecule has 1 aliphatic heterocycles. The number of rotatable bonds is 4. The molecule has 0 saturated carbocycles. The SMILES string of the molecule is CN(C)C(=O)N1CCC(NCCN(C)C(=O)OC(C)(C)C)CC1. The first-order valence-corrected chi connectivity index (χ1v) is 8.24. The second-order valence-corrected chi connectivity index (χ2v) is 7.29. The molecule has 3 amide bonds. The Labute approximate surface area is 139 Å². The lowest BCUT2D eigenvalue weighted by Crippen LogP contribution is -2.49. The number of likely N-dealkylation sites (tertiary alicyclic amines) is 1. The van der Waals surface area contributed by atoms with Crippen LogP contribution in [0.5, 0.6) is 0 Å². The topological polar surface area (TPSA) is 65.1 Å². The van der Waals surface area contributed by atoms with Crippen molar-refractivity contribution in [3.05, 3.63) is 0 Å². The maximum atomic E-state index is 11.9. The van der Waals surface area contributed by atoms with Crippen LogP contribution in [-0.2, 0) is 4.74 Å². The summed E-state index contributed by atoms with van der Waals surface area (Å²) in [4.78, 5) is 28.8. The number of ether oxygens (including phenoxy) is 1. The first-order valence-electron chi connectivity index (χ1n) is 8.24. The molecule has 0 aliphatic carbocycles. The summed E-state index contributed by atoms with van der Waals surface area (Å²) in [6.45, 7) is 8.46. The van der Waals surface area contributed by atoms with Gasteiger partial charge in [-0.05, 0) is 33.6 Å². The molecule has 0 spiro atoms. The highest BCUT2D eigenvalue weighted by atomic mass is 16.6. The minimum atomic E-state index is -0.468. The minimum absolute atomic E-state index is 0.0770. The highest BCUT2D eigenvalue weighted by molar-refractivity contribution is 5.73. The molecule has 0 atom stereocenters. The van der Waals surface area contributed by atoms with Gasteiger partial charge >= 0.3 is 12.1 Å². The van der Waals surface area contributed by atoms with Crippen molar-refractivity contribution < 1.29 is 14.3 Å². The van der Waals surface area contributed by atoms with Crippen LogP contribution in [0.2, 0.25) is 0 Å². The van der Waals surface area contributed by atoms with Crippen molar-refractivity contribution in [2.75, 3.05) is 47.3 Å². The van der Waals surface area contributed by atoms with Crippen molar-refractivity contribution in [2.24, 2.45) is 0 Å². The number of carbonyl (C=O) groups excluding carboxylic acids is 2. The van der Waals surface area contributed by atoms with E-state index >= 15 is 0 Å². The molecule has 1 fully saturated rings. The molecule has 1 aliphatic rings. The van der Waals surface area contributed by atoms with Gasteiger partial charge in [-0.2, -0.15) is 0 Å².